The summed E-state index contributed by atoms with van der Waals surface area (Å²) in [5.74, 6) is -2.98. The van der Waals surface area contributed by atoms with Gasteiger partial charge in [0, 0.05) is 22.4 Å². The summed E-state index contributed by atoms with van der Waals surface area (Å²) < 4.78 is 41.8. The minimum Gasteiger partial charge on any atom is -0.241 e. The fourth-order valence-corrected chi connectivity index (χ4v) is 4.09. The lowest BCUT2D eigenvalue weighted by atomic mass is 10.0. The summed E-state index contributed by atoms with van der Waals surface area (Å²) in [7, 11) is 0. The lowest BCUT2D eigenvalue weighted by Crippen LogP contribution is -1.94. The molecule has 25 heavy (non-hydrogen) atoms. The van der Waals surface area contributed by atoms with E-state index in [-0.39, 0.29) is 10.8 Å². The van der Waals surface area contributed by atoms with Crippen molar-refractivity contribution in [1.82, 2.24) is 4.98 Å². The van der Waals surface area contributed by atoms with Gasteiger partial charge < -0.3 is 0 Å². The first-order chi connectivity index (χ1) is 11.8. The van der Waals surface area contributed by atoms with E-state index in [1.54, 1.807) is 13.0 Å². The maximum Gasteiger partial charge on any atom is 0.166 e. The molecule has 130 valence electrons. The van der Waals surface area contributed by atoms with Crippen LogP contribution in [0.25, 0.3) is 26.9 Å². The van der Waals surface area contributed by atoms with Crippen molar-refractivity contribution < 1.29 is 13.2 Å². The van der Waals surface area contributed by atoms with Crippen LogP contribution in [0.3, 0.4) is 0 Å². The van der Waals surface area contributed by atoms with E-state index < -0.39 is 17.5 Å². The number of nitrogens with zero attached hydrogens (tertiary/aromatic N) is 1. The average Bonchev–Trinajstić information content (AvgIpc) is 2.94. The molecule has 1 nitrogen and oxygen atoms in total. The van der Waals surface area contributed by atoms with Gasteiger partial charge in [0.25, 0.3) is 0 Å². The molecule has 0 aliphatic rings. The summed E-state index contributed by atoms with van der Waals surface area (Å²) >= 11 is 1.47. The van der Waals surface area contributed by atoms with E-state index in [2.05, 4.69) is 18.5 Å². The summed E-state index contributed by atoms with van der Waals surface area (Å²) in [6.45, 7) is 9.77. The highest BCUT2D eigenvalue weighted by molar-refractivity contribution is 7.16. The summed E-state index contributed by atoms with van der Waals surface area (Å²) in [5.41, 5.74) is 3.08. The fourth-order valence-electron chi connectivity index (χ4n) is 3.04. The van der Waals surface area contributed by atoms with Crippen LogP contribution in [0.15, 0.2) is 24.8 Å². The summed E-state index contributed by atoms with van der Waals surface area (Å²) in [6.07, 6.45) is 1.87. The number of benzene rings is 2. The number of fused-ring (bicyclic) bond motifs is 1. The van der Waals surface area contributed by atoms with Crippen molar-refractivity contribution in [1.29, 1.82) is 0 Å². The average molecular weight is 361 g/mol. The highest BCUT2D eigenvalue weighted by Gasteiger charge is 2.18. The molecule has 0 unspecified atom stereocenters. The first kappa shape index (κ1) is 17.7. The third-order valence-corrected chi connectivity index (χ3v) is 5.50. The van der Waals surface area contributed by atoms with Crippen LogP contribution in [0, 0.1) is 31.3 Å². The molecule has 0 radical (unpaired) electrons. The van der Waals surface area contributed by atoms with Gasteiger partial charge in [0.05, 0.1) is 10.6 Å². The maximum atomic E-state index is 14.2. The lowest BCUT2D eigenvalue weighted by molar-refractivity contribution is 0.505. The SMILES string of the molecule is C=C(CCC)c1sc(-c2cc(C)c3c(F)cc(F)c(F)c3c2)nc1C. The van der Waals surface area contributed by atoms with Gasteiger partial charge in [0.2, 0.25) is 0 Å². The van der Waals surface area contributed by atoms with Crippen molar-refractivity contribution in [2.75, 3.05) is 0 Å². The lowest BCUT2D eigenvalue weighted by Gasteiger charge is -2.08. The van der Waals surface area contributed by atoms with E-state index in [1.165, 1.54) is 17.4 Å². The summed E-state index contributed by atoms with van der Waals surface area (Å²) in [4.78, 5) is 5.57. The van der Waals surface area contributed by atoms with Gasteiger partial charge in [-0.05, 0) is 43.5 Å². The molecular weight excluding hydrogens is 343 g/mol. The maximum absolute atomic E-state index is 14.2. The van der Waals surface area contributed by atoms with E-state index in [0.29, 0.717) is 22.2 Å². The second-order valence-corrected chi connectivity index (χ2v) is 7.16. The normalized spacial score (nSPS) is 11.3. The number of allylic oxidation sites excluding steroid dienone is 1. The van der Waals surface area contributed by atoms with Gasteiger partial charge in [-0.3, -0.25) is 0 Å². The molecule has 0 aliphatic carbocycles. The van der Waals surface area contributed by atoms with Gasteiger partial charge in [-0.15, -0.1) is 11.3 Å². The minimum atomic E-state index is -1.19. The molecule has 0 atom stereocenters. The van der Waals surface area contributed by atoms with Crippen LogP contribution in [0.5, 0.6) is 0 Å². The second kappa shape index (κ2) is 6.64. The summed E-state index contributed by atoms with van der Waals surface area (Å²) in [5, 5.41) is 0.736. The van der Waals surface area contributed by atoms with Gasteiger partial charge >= 0.3 is 0 Å². The molecule has 0 bridgehead atoms. The van der Waals surface area contributed by atoms with Crippen LogP contribution in [0.2, 0.25) is 0 Å². The largest absolute Gasteiger partial charge is 0.241 e. The third kappa shape index (κ3) is 3.09. The number of aryl methyl sites for hydroxylation is 2. The predicted octanol–water partition coefficient (Wildman–Crippen LogP) is 6.81. The van der Waals surface area contributed by atoms with Crippen molar-refractivity contribution in [3.05, 3.63) is 58.4 Å². The molecule has 0 aliphatic heterocycles. The minimum absolute atomic E-state index is 0.0608. The van der Waals surface area contributed by atoms with Crippen molar-refractivity contribution in [3.8, 4) is 10.6 Å². The Morgan fingerprint density at radius 3 is 2.52 bits per heavy atom. The molecule has 0 N–H and O–H groups in total. The van der Waals surface area contributed by atoms with Gasteiger partial charge in [-0.1, -0.05) is 19.9 Å². The Morgan fingerprint density at radius 1 is 1.12 bits per heavy atom. The van der Waals surface area contributed by atoms with Crippen molar-refractivity contribution in [3.63, 3.8) is 0 Å². The zero-order valence-corrected chi connectivity index (χ0v) is 15.2. The van der Waals surface area contributed by atoms with Crippen LogP contribution in [-0.2, 0) is 0 Å². The fraction of sp³-hybridized carbons (Fsp3) is 0.250. The van der Waals surface area contributed by atoms with E-state index >= 15 is 0 Å². The monoisotopic (exact) mass is 361 g/mol. The molecule has 2 aromatic carbocycles. The highest BCUT2D eigenvalue weighted by Crippen LogP contribution is 2.37. The zero-order chi connectivity index (χ0) is 18.3. The van der Waals surface area contributed by atoms with Crippen molar-refractivity contribution in [2.24, 2.45) is 0 Å². The Kier molecular flexibility index (Phi) is 4.69. The van der Waals surface area contributed by atoms with E-state index in [4.69, 9.17) is 0 Å². The number of rotatable bonds is 4. The third-order valence-electron chi connectivity index (χ3n) is 4.19. The highest BCUT2D eigenvalue weighted by atomic mass is 32.1. The molecule has 3 aromatic rings. The van der Waals surface area contributed by atoms with Gasteiger partial charge in [0.15, 0.2) is 11.6 Å². The topological polar surface area (TPSA) is 12.9 Å². The zero-order valence-electron chi connectivity index (χ0n) is 14.3. The molecule has 1 aromatic heterocycles. The van der Waals surface area contributed by atoms with Crippen LogP contribution >= 0.6 is 11.3 Å². The molecule has 5 heteroatoms. The number of hydrogen-bond acceptors (Lipinski definition) is 2. The molecule has 0 saturated carbocycles. The van der Waals surface area contributed by atoms with Crippen molar-refractivity contribution >= 4 is 27.7 Å². The van der Waals surface area contributed by atoms with Crippen molar-refractivity contribution in [2.45, 2.75) is 33.6 Å². The van der Waals surface area contributed by atoms with Gasteiger partial charge in [-0.25, -0.2) is 18.2 Å². The molecular formula is C20H18F3NS. The molecule has 0 fully saturated rings. The van der Waals surface area contributed by atoms with Crippen LogP contribution in [0.4, 0.5) is 13.2 Å². The first-order valence-electron chi connectivity index (χ1n) is 8.07. The molecule has 0 amide bonds. The second-order valence-electron chi connectivity index (χ2n) is 6.16. The quantitative estimate of drug-likeness (QED) is 0.465. The molecule has 3 rings (SSSR count). The first-order valence-corrected chi connectivity index (χ1v) is 8.89. The summed E-state index contributed by atoms with van der Waals surface area (Å²) in [6, 6.07) is 3.81. The smallest absolute Gasteiger partial charge is 0.166 e. The number of halogens is 3. The molecule has 1 heterocycles. The molecule has 0 spiro atoms. The molecule has 0 saturated heterocycles. The Balaban J connectivity index is 2.19. The Labute approximate surface area is 148 Å². The van der Waals surface area contributed by atoms with Gasteiger partial charge in [-0.2, -0.15) is 0 Å². The standard InChI is InChI=1S/C20H18F3NS/c1-5-6-10(2)19-12(4)24-20(25-19)13-7-11(3)17-14(8-13)18(23)16(22)9-15(17)21/h7-9H,2,5-6H2,1,3-4H3. The van der Waals surface area contributed by atoms with E-state index in [9.17, 15) is 13.2 Å². The Morgan fingerprint density at radius 2 is 1.84 bits per heavy atom. The van der Waals surface area contributed by atoms with E-state index in [1.807, 2.05) is 6.92 Å². The predicted molar refractivity (Wildman–Crippen MR) is 98.3 cm³/mol. The number of aromatic nitrogens is 1. The van der Waals surface area contributed by atoms with Crippen LogP contribution in [-0.4, -0.2) is 4.98 Å². The number of hydrogen-bond donors (Lipinski definition) is 0. The van der Waals surface area contributed by atoms with Crippen LogP contribution < -0.4 is 0 Å². The Bertz CT molecular complexity index is 989. The number of thiazole rings is 1. The Hall–Kier alpha value is -2.14. The van der Waals surface area contributed by atoms with Crippen LogP contribution in [0.1, 0.15) is 35.9 Å². The van der Waals surface area contributed by atoms with E-state index in [0.717, 1.165) is 29.0 Å². The van der Waals surface area contributed by atoms with Gasteiger partial charge in [0.1, 0.15) is 10.8 Å².